The molecule has 0 saturated carbocycles. The number of nitriles is 1. The van der Waals surface area contributed by atoms with Crippen molar-refractivity contribution in [2.75, 3.05) is 11.9 Å². The van der Waals surface area contributed by atoms with Crippen LogP contribution < -0.4 is 15.4 Å². The van der Waals surface area contributed by atoms with Crippen LogP contribution in [-0.2, 0) is 4.79 Å². The molecular formula is C13H15N3O2. The van der Waals surface area contributed by atoms with E-state index >= 15 is 0 Å². The molecule has 0 aliphatic carbocycles. The van der Waals surface area contributed by atoms with Crippen LogP contribution in [0, 0.1) is 11.3 Å². The second-order valence-electron chi connectivity index (χ2n) is 4.26. The van der Waals surface area contributed by atoms with E-state index in [2.05, 4.69) is 10.6 Å². The van der Waals surface area contributed by atoms with Crippen molar-refractivity contribution in [1.29, 1.82) is 5.26 Å². The van der Waals surface area contributed by atoms with Gasteiger partial charge in [-0.25, -0.2) is 0 Å². The molecule has 1 aliphatic rings. The summed E-state index contributed by atoms with van der Waals surface area (Å²) >= 11 is 0. The summed E-state index contributed by atoms with van der Waals surface area (Å²) in [4.78, 5) is 11.9. The average molecular weight is 245 g/mol. The van der Waals surface area contributed by atoms with Gasteiger partial charge in [-0.1, -0.05) is 12.1 Å². The van der Waals surface area contributed by atoms with Crippen LogP contribution in [0.4, 0.5) is 5.69 Å². The summed E-state index contributed by atoms with van der Waals surface area (Å²) in [5, 5.41) is 14.4. The zero-order valence-corrected chi connectivity index (χ0v) is 10.1. The fourth-order valence-electron chi connectivity index (χ4n) is 1.78. The number of anilines is 1. The van der Waals surface area contributed by atoms with Gasteiger partial charge in [0.1, 0.15) is 5.75 Å². The molecule has 0 spiro atoms. The third-order valence-corrected chi connectivity index (χ3v) is 2.71. The van der Waals surface area contributed by atoms with Gasteiger partial charge in [-0.15, -0.1) is 0 Å². The molecule has 1 aromatic carbocycles. The first-order chi connectivity index (χ1) is 8.70. The fourth-order valence-corrected chi connectivity index (χ4v) is 1.78. The van der Waals surface area contributed by atoms with Crippen molar-refractivity contribution in [3.63, 3.8) is 0 Å². The van der Waals surface area contributed by atoms with Gasteiger partial charge < -0.3 is 15.4 Å². The van der Waals surface area contributed by atoms with Crippen LogP contribution in [0.25, 0.3) is 0 Å². The van der Waals surface area contributed by atoms with Gasteiger partial charge in [0.25, 0.3) is 5.91 Å². The van der Waals surface area contributed by atoms with Crippen LogP contribution >= 0.6 is 0 Å². The normalized spacial score (nSPS) is 18.6. The smallest absolute Gasteiger partial charge is 0.263 e. The Morgan fingerprint density at radius 1 is 1.67 bits per heavy atom. The number of carbonyl (C=O) groups excluding carboxylic acids is 1. The van der Waals surface area contributed by atoms with Gasteiger partial charge in [0.15, 0.2) is 6.10 Å². The van der Waals surface area contributed by atoms with E-state index in [0.717, 1.165) is 5.69 Å². The predicted octanol–water partition coefficient (Wildman–Crippen LogP) is 1.28. The van der Waals surface area contributed by atoms with E-state index in [1.807, 2.05) is 30.3 Å². The molecule has 0 aromatic heterocycles. The van der Waals surface area contributed by atoms with Crippen LogP contribution in [0.5, 0.6) is 5.75 Å². The Balaban J connectivity index is 1.97. The summed E-state index contributed by atoms with van der Waals surface area (Å²) in [6, 6.07) is 9.35. The van der Waals surface area contributed by atoms with E-state index in [4.69, 9.17) is 10.00 Å². The first-order valence-electron chi connectivity index (χ1n) is 5.87. The minimum Gasteiger partial charge on any atom is -0.477 e. The molecule has 5 nitrogen and oxygen atoms in total. The summed E-state index contributed by atoms with van der Waals surface area (Å²) in [5.74, 6) is 0.483. The van der Waals surface area contributed by atoms with Crippen LogP contribution in [0.1, 0.15) is 13.3 Å². The molecule has 2 rings (SSSR count). The van der Waals surface area contributed by atoms with Gasteiger partial charge in [0.2, 0.25) is 0 Å². The molecule has 0 radical (unpaired) electrons. The summed E-state index contributed by atoms with van der Waals surface area (Å²) in [5.41, 5.74) is 0.895. The molecule has 18 heavy (non-hydrogen) atoms. The molecule has 1 amide bonds. The quantitative estimate of drug-likeness (QED) is 0.841. The van der Waals surface area contributed by atoms with E-state index in [-0.39, 0.29) is 11.9 Å². The second-order valence-corrected chi connectivity index (χ2v) is 4.26. The summed E-state index contributed by atoms with van der Waals surface area (Å²) < 4.78 is 5.62. The van der Waals surface area contributed by atoms with Crippen LogP contribution in [0.2, 0.25) is 0 Å². The molecule has 2 N–H and O–H groups in total. The number of benzene rings is 1. The van der Waals surface area contributed by atoms with Gasteiger partial charge >= 0.3 is 0 Å². The lowest BCUT2D eigenvalue weighted by Gasteiger charge is -2.27. The van der Waals surface area contributed by atoms with Gasteiger partial charge in [-0.05, 0) is 19.1 Å². The molecule has 2 unspecified atom stereocenters. The summed E-state index contributed by atoms with van der Waals surface area (Å²) in [7, 11) is 0. The number of hydrogen-bond donors (Lipinski definition) is 2. The lowest BCUT2D eigenvalue weighted by molar-refractivity contribution is -0.128. The number of nitrogens with zero attached hydrogens (tertiary/aromatic N) is 1. The molecule has 5 heteroatoms. The first-order valence-corrected chi connectivity index (χ1v) is 5.87. The first kappa shape index (κ1) is 12.2. The van der Waals surface area contributed by atoms with Gasteiger partial charge in [0, 0.05) is 6.04 Å². The lowest BCUT2D eigenvalue weighted by atomic mass is 10.2. The lowest BCUT2D eigenvalue weighted by Crippen LogP contribution is -2.47. The molecule has 0 saturated heterocycles. The molecule has 94 valence electrons. The maximum Gasteiger partial charge on any atom is 0.263 e. The van der Waals surface area contributed by atoms with Gasteiger partial charge in [-0.2, -0.15) is 5.26 Å². The zero-order valence-electron chi connectivity index (χ0n) is 10.1. The Bertz CT molecular complexity index is 481. The molecule has 1 aliphatic heterocycles. The van der Waals surface area contributed by atoms with Crippen molar-refractivity contribution in [2.45, 2.75) is 25.5 Å². The van der Waals surface area contributed by atoms with Crippen molar-refractivity contribution in [3.05, 3.63) is 24.3 Å². The van der Waals surface area contributed by atoms with Crippen molar-refractivity contribution < 1.29 is 9.53 Å². The minimum absolute atomic E-state index is 0.164. The SMILES string of the molecule is CC(CC#N)NC(=O)C1CNc2ccccc2O1. The number of fused-ring (bicyclic) bond motifs is 1. The summed E-state index contributed by atoms with van der Waals surface area (Å²) in [6.45, 7) is 2.23. The van der Waals surface area contributed by atoms with Gasteiger partial charge in [-0.3, -0.25) is 4.79 Å². The number of para-hydroxylation sites is 2. The Morgan fingerprint density at radius 2 is 2.44 bits per heavy atom. The topological polar surface area (TPSA) is 74.2 Å². The van der Waals surface area contributed by atoms with Crippen molar-refractivity contribution in [1.82, 2.24) is 5.32 Å². The van der Waals surface area contributed by atoms with Crippen molar-refractivity contribution in [3.8, 4) is 11.8 Å². The molecular weight excluding hydrogens is 230 g/mol. The third-order valence-electron chi connectivity index (χ3n) is 2.71. The number of ether oxygens (including phenoxy) is 1. The van der Waals surface area contributed by atoms with E-state index in [1.165, 1.54) is 0 Å². The molecule has 2 atom stereocenters. The maximum absolute atomic E-state index is 11.9. The Kier molecular flexibility index (Phi) is 3.68. The van der Waals surface area contributed by atoms with Crippen LogP contribution in [0.15, 0.2) is 24.3 Å². The Morgan fingerprint density at radius 3 is 3.22 bits per heavy atom. The van der Waals surface area contributed by atoms with Crippen LogP contribution in [-0.4, -0.2) is 24.6 Å². The van der Waals surface area contributed by atoms with E-state index in [1.54, 1.807) is 6.92 Å². The van der Waals surface area contributed by atoms with Crippen molar-refractivity contribution in [2.24, 2.45) is 0 Å². The average Bonchev–Trinajstić information content (AvgIpc) is 2.38. The number of nitrogens with one attached hydrogen (secondary N) is 2. The monoisotopic (exact) mass is 245 g/mol. The Labute approximate surface area is 106 Å². The molecule has 0 fully saturated rings. The number of rotatable bonds is 3. The van der Waals surface area contributed by atoms with Gasteiger partial charge in [0.05, 0.1) is 24.7 Å². The highest BCUT2D eigenvalue weighted by Crippen LogP contribution is 2.28. The molecule has 1 heterocycles. The second kappa shape index (κ2) is 5.41. The highest BCUT2D eigenvalue weighted by atomic mass is 16.5. The van der Waals surface area contributed by atoms with Crippen LogP contribution in [0.3, 0.4) is 0 Å². The highest BCUT2D eigenvalue weighted by molar-refractivity contribution is 5.83. The maximum atomic E-state index is 11.9. The zero-order chi connectivity index (χ0) is 13.0. The number of hydrogen-bond acceptors (Lipinski definition) is 4. The third kappa shape index (κ3) is 2.72. The van der Waals surface area contributed by atoms with Crippen molar-refractivity contribution >= 4 is 11.6 Å². The molecule has 0 bridgehead atoms. The van der Waals surface area contributed by atoms with E-state index < -0.39 is 6.10 Å². The minimum atomic E-state index is -0.555. The number of carbonyl (C=O) groups is 1. The predicted molar refractivity (Wildman–Crippen MR) is 67.2 cm³/mol. The summed E-state index contributed by atoms with van der Waals surface area (Å²) in [6.07, 6.45) is -0.260. The van der Waals surface area contributed by atoms with E-state index in [0.29, 0.717) is 18.7 Å². The molecule has 1 aromatic rings. The highest BCUT2D eigenvalue weighted by Gasteiger charge is 2.26. The Hall–Kier alpha value is -2.22. The standard InChI is InChI=1S/C13H15N3O2/c1-9(6-7-14)16-13(17)12-8-15-10-4-2-3-5-11(10)18-12/h2-5,9,12,15H,6,8H2,1H3,(H,16,17). The fraction of sp³-hybridized carbons (Fsp3) is 0.385. The van der Waals surface area contributed by atoms with E-state index in [9.17, 15) is 4.79 Å². The largest absolute Gasteiger partial charge is 0.477 e. The number of amides is 1.